The van der Waals surface area contributed by atoms with Crippen LogP contribution < -0.4 is 14.4 Å². The summed E-state index contributed by atoms with van der Waals surface area (Å²) in [6.07, 6.45) is 1.12. The number of pyridine rings is 1. The van der Waals surface area contributed by atoms with Crippen molar-refractivity contribution in [2.24, 2.45) is 0 Å². The van der Waals surface area contributed by atoms with Gasteiger partial charge in [0.2, 0.25) is 11.0 Å². The molecule has 0 aliphatic heterocycles. The molecule has 23 heavy (non-hydrogen) atoms. The highest BCUT2D eigenvalue weighted by atomic mass is 15.1. The van der Waals surface area contributed by atoms with E-state index in [2.05, 4.69) is 91.9 Å². The van der Waals surface area contributed by atoms with Crippen molar-refractivity contribution in [3.05, 3.63) is 42.5 Å². The van der Waals surface area contributed by atoms with Crippen molar-refractivity contribution >= 4 is 33.2 Å². The van der Waals surface area contributed by atoms with Crippen LogP contribution in [0.3, 0.4) is 0 Å². The standard InChI is InChI=1S/C20H26N3/c1-6-11-23-19-13-17(21(2)3)9-7-15(19)12-16-8-10-18(22(4)5)14-20(16)23/h7-10,12-14H,6,11H2,1-5H3/q+1. The van der Waals surface area contributed by atoms with E-state index >= 15 is 0 Å². The van der Waals surface area contributed by atoms with Crippen molar-refractivity contribution in [3.63, 3.8) is 0 Å². The number of hydrogen-bond acceptors (Lipinski definition) is 2. The predicted molar refractivity (Wildman–Crippen MR) is 101 cm³/mol. The molecule has 0 unspecified atom stereocenters. The van der Waals surface area contributed by atoms with Gasteiger partial charge in [-0.25, -0.2) is 0 Å². The molecule has 0 amide bonds. The fourth-order valence-corrected chi connectivity index (χ4v) is 3.09. The summed E-state index contributed by atoms with van der Waals surface area (Å²) >= 11 is 0. The van der Waals surface area contributed by atoms with E-state index in [0.29, 0.717) is 0 Å². The zero-order valence-corrected chi connectivity index (χ0v) is 14.8. The molecule has 3 nitrogen and oxygen atoms in total. The van der Waals surface area contributed by atoms with Gasteiger partial charge in [0, 0.05) is 68.9 Å². The Kier molecular flexibility index (Phi) is 4.12. The smallest absolute Gasteiger partial charge is 0.215 e. The van der Waals surface area contributed by atoms with Crippen LogP contribution in [0.1, 0.15) is 13.3 Å². The fraction of sp³-hybridized carbons (Fsp3) is 0.350. The number of rotatable bonds is 4. The molecular formula is C20H26N3+. The van der Waals surface area contributed by atoms with Crippen molar-refractivity contribution in [1.82, 2.24) is 0 Å². The second-order valence-electron chi connectivity index (χ2n) is 6.57. The maximum atomic E-state index is 2.46. The number of hydrogen-bond donors (Lipinski definition) is 0. The molecule has 1 aromatic heterocycles. The summed E-state index contributed by atoms with van der Waals surface area (Å²) < 4.78 is 2.46. The molecule has 3 aromatic rings. The van der Waals surface area contributed by atoms with Gasteiger partial charge in [-0.05, 0) is 30.3 Å². The van der Waals surface area contributed by atoms with Crippen LogP contribution in [0.25, 0.3) is 21.8 Å². The molecule has 0 bridgehead atoms. The Bertz CT molecular complexity index is 784. The Morgan fingerprint density at radius 3 is 1.61 bits per heavy atom. The molecule has 3 heteroatoms. The molecular weight excluding hydrogens is 282 g/mol. The van der Waals surface area contributed by atoms with Crippen molar-refractivity contribution < 1.29 is 4.57 Å². The maximum Gasteiger partial charge on any atom is 0.215 e. The van der Waals surface area contributed by atoms with Gasteiger partial charge in [-0.1, -0.05) is 6.92 Å². The minimum atomic E-state index is 1.03. The van der Waals surface area contributed by atoms with Crippen LogP contribution in [0.4, 0.5) is 11.4 Å². The third-order valence-corrected chi connectivity index (χ3v) is 4.40. The number of benzene rings is 2. The van der Waals surface area contributed by atoms with Crippen LogP contribution in [0.5, 0.6) is 0 Å². The lowest BCUT2D eigenvalue weighted by Crippen LogP contribution is -2.35. The molecule has 0 spiro atoms. The Morgan fingerprint density at radius 1 is 0.739 bits per heavy atom. The lowest BCUT2D eigenvalue weighted by atomic mass is 10.1. The van der Waals surface area contributed by atoms with E-state index in [1.165, 1.54) is 33.2 Å². The van der Waals surface area contributed by atoms with E-state index in [-0.39, 0.29) is 0 Å². The quantitative estimate of drug-likeness (QED) is 0.536. The minimum Gasteiger partial charge on any atom is -0.377 e. The first-order chi connectivity index (χ1) is 11.0. The third kappa shape index (κ3) is 2.83. The lowest BCUT2D eigenvalue weighted by Gasteiger charge is -2.15. The van der Waals surface area contributed by atoms with E-state index < -0.39 is 0 Å². The van der Waals surface area contributed by atoms with Gasteiger partial charge in [0.15, 0.2) is 0 Å². The van der Waals surface area contributed by atoms with Gasteiger partial charge in [-0.2, -0.15) is 4.57 Å². The van der Waals surface area contributed by atoms with Crippen LogP contribution in [0.2, 0.25) is 0 Å². The molecule has 2 aromatic carbocycles. The molecule has 1 heterocycles. The first-order valence-corrected chi connectivity index (χ1v) is 8.26. The first-order valence-electron chi connectivity index (χ1n) is 8.26. The van der Waals surface area contributed by atoms with Crippen molar-refractivity contribution in [2.45, 2.75) is 19.9 Å². The predicted octanol–water partition coefficient (Wildman–Crippen LogP) is 3.82. The molecule has 3 rings (SSSR count). The highest BCUT2D eigenvalue weighted by Gasteiger charge is 2.16. The summed E-state index contributed by atoms with van der Waals surface area (Å²) in [5.74, 6) is 0. The lowest BCUT2D eigenvalue weighted by molar-refractivity contribution is -0.645. The summed E-state index contributed by atoms with van der Waals surface area (Å²) in [7, 11) is 8.38. The van der Waals surface area contributed by atoms with E-state index in [1.807, 2.05) is 0 Å². The zero-order chi connectivity index (χ0) is 16.6. The Morgan fingerprint density at radius 2 is 1.22 bits per heavy atom. The van der Waals surface area contributed by atoms with Crippen LogP contribution >= 0.6 is 0 Å². The SMILES string of the molecule is CCC[n+]1c2cc(N(C)C)ccc2cc2ccc(N(C)C)cc21. The van der Waals surface area contributed by atoms with Gasteiger partial charge in [-0.3, -0.25) is 0 Å². The maximum absolute atomic E-state index is 2.46. The summed E-state index contributed by atoms with van der Waals surface area (Å²) in [5.41, 5.74) is 5.10. The summed E-state index contributed by atoms with van der Waals surface area (Å²) in [6.45, 7) is 3.27. The van der Waals surface area contributed by atoms with Gasteiger partial charge in [0.05, 0.1) is 0 Å². The van der Waals surface area contributed by atoms with Crippen LogP contribution in [-0.2, 0) is 6.54 Å². The summed E-state index contributed by atoms with van der Waals surface area (Å²) in [5, 5.41) is 2.60. The van der Waals surface area contributed by atoms with Gasteiger partial charge < -0.3 is 9.80 Å². The number of fused-ring (bicyclic) bond motifs is 2. The van der Waals surface area contributed by atoms with Crippen LogP contribution in [0, 0.1) is 0 Å². The van der Waals surface area contributed by atoms with Crippen LogP contribution in [-0.4, -0.2) is 28.2 Å². The Balaban J connectivity index is 2.36. The van der Waals surface area contributed by atoms with Crippen molar-refractivity contribution in [3.8, 4) is 0 Å². The number of aromatic nitrogens is 1. The molecule has 0 fully saturated rings. The third-order valence-electron chi connectivity index (χ3n) is 4.40. The molecule has 0 saturated carbocycles. The van der Waals surface area contributed by atoms with Gasteiger partial charge in [0.1, 0.15) is 6.54 Å². The highest BCUT2D eigenvalue weighted by molar-refractivity contribution is 5.91. The van der Waals surface area contributed by atoms with Gasteiger partial charge in [0.25, 0.3) is 0 Å². The van der Waals surface area contributed by atoms with Crippen molar-refractivity contribution in [1.29, 1.82) is 0 Å². The minimum absolute atomic E-state index is 1.03. The second kappa shape index (κ2) is 6.07. The molecule has 120 valence electrons. The molecule has 0 aliphatic rings. The van der Waals surface area contributed by atoms with E-state index in [9.17, 15) is 0 Å². The number of aryl methyl sites for hydroxylation is 1. The van der Waals surface area contributed by atoms with Crippen LogP contribution in [0.15, 0.2) is 42.5 Å². The summed E-state index contributed by atoms with van der Waals surface area (Å²) in [4.78, 5) is 4.33. The molecule has 0 saturated heterocycles. The Hall–Kier alpha value is -2.29. The molecule has 0 radical (unpaired) electrons. The fourth-order valence-electron chi connectivity index (χ4n) is 3.09. The highest BCUT2D eigenvalue weighted by Crippen LogP contribution is 2.25. The van der Waals surface area contributed by atoms with E-state index in [4.69, 9.17) is 0 Å². The van der Waals surface area contributed by atoms with Gasteiger partial charge in [-0.15, -0.1) is 0 Å². The topological polar surface area (TPSA) is 10.4 Å². The first kappa shape index (κ1) is 15.6. The average Bonchev–Trinajstić information content (AvgIpc) is 2.53. The summed E-state index contributed by atoms with van der Waals surface area (Å²) in [6, 6.07) is 15.7. The largest absolute Gasteiger partial charge is 0.377 e. The number of nitrogens with zero attached hydrogens (tertiary/aromatic N) is 3. The van der Waals surface area contributed by atoms with Crippen molar-refractivity contribution in [2.75, 3.05) is 38.0 Å². The number of anilines is 2. The van der Waals surface area contributed by atoms with E-state index in [0.717, 1.165) is 13.0 Å². The molecule has 0 N–H and O–H groups in total. The molecule has 0 aliphatic carbocycles. The van der Waals surface area contributed by atoms with Gasteiger partial charge >= 0.3 is 0 Å². The molecule has 0 atom stereocenters. The van der Waals surface area contributed by atoms with E-state index in [1.54, 1.807) is 0 Å². The normalized spacial score (nSPS) is 11.2. The Labute approximate surface area is 138 Å². The monoisotopic (exact) mass is 308 g/mol. The average molecular weight is 308 g/mol. The second-order valence-corrected chi connectivity index (χ2v) is 6.57. The zero-order valence-electron chi connectivity index (χ0n) is 14.8.